The molecule has 0 bridgehead atoms. The number of aromatic nitrogens is 2. The summed E-state index contributed by atoms with van der Waals surface area (Å²) in [6, 6.07) is 18.8. The number of fused-ring (bicyclic) bond motifs is 1. The first-order chi connectivity index (χ1) is 9.85. The zero-order chi connectivity index (χ0) is 13.9. The second-order valence-corrected chi connectivity index (χ2v) is 4.90. The topological polar surface area (TPSA) is 43.8 Å². The van der Waals surface area contributed by atoms with Gasteiger partial charge in [0.15, 0.2) is 0 Å². The van der Waals surface area contributed by atoms with Gasteiger partial charge in [0.1, 0.15) is 5.82 Å². The van der Waals surface area contributed by atoms with Crippen LogP contribution in [0, 0.1) is 0 Å². The van der Waals surface area contributed by atoms with E-state index in [9.17, 15) is 0 Å². The van der Waals surface area contributed by atoms with E-state index in [-0.39, 0.29) is 6.04 Å². The Morgan fingerprint density at radius 3 is 2.45 bits per heavy atom. The second kappa shape index (κ2) is 5.47. The first-order valence-electron chi connectivity index (χ1n) is 7.06. The van der Waals surface area contributed by atoms with E-state index in [1.54, 1.807) is 0 Å². The zero-order valence-electron chi connectivity index (χ0n) is 11.7. The highest BCUT2D eigenvalue weighted by molar-refractivity contribution is 5.76. The maximum absolute atomic E-state index is 6.06. The van der Waals surface area contributed by atoms with Crippen molar-refractivity contribution in [3.8, 4) is 0 Å². The summed E-state index contributed by atoms with van der Waals surface area (Å²) >= 11 is 0. The fraction of sp³-hybridized carbons (Fsp3) is 0.235. The normalized spacial score (nSPS) is 12.7. The number of nitrogens with two attached hydrogens (primary N) is 1. The Bertz CT molecular complexity index is 701. The van der Waals surface area contributed by atoms with Crippen LogP contribution in [0.3, 0.4) is 0 Å². The number of rotatable bonds is 4. The van der Waals surface area contributed by atoms with E-state index < -0.39 is 0 Å². The van der Waals surface area contributed by atoms with Crippen LogP contribution in [0.15, 0.2) is 54.6 Å². The van der Waals surface area contributed by atoms with Crippen LogP contribution in [-0.2, 0) is 6.42 Å². The van der Waals surface area contributed by atoms with E-state index in [1.165, 1.54) is 5.56 Å². The summed E-state index contributed by atoms with van der Waals surface area (Å²) in [6.07, 6.45) is 0.901. The minimum absolute atomic E-state index is 0.138. The van der Waals surface area contributed by atoms with Crippen LogP contribution in [0.25, 0.3) is 11.0 Å². The number of hydrogen-bond donors (Lipinski definition) is 1. The van der Waals surface area contributed by atoms with Gasteiger partial charge in [-0.3, -0.25) is 0 Å². The molecule has 1 unspecified atom stereocenters. The lowest BCUT2D eigenvalue weighted by atomic mass is 10.1. The summed E-state index contributed by atoms with van der Waals surface area (Å²) in [6.45, 7) is 2.70. The Morgan fingerprint density at radius 2 is 1.75 bits per heavy atom. The van der Waals surface area contributed by atoms with Crippen molar-refractivity contribution >= 4 is 11.0 Å². The fourth-order valence-electron chi connectivity index (χ4n) is 2.76. The SMILES string of the molecule is CCc1nc2ccccc2n1C(CN)c1ccccc1. The van der Waals surface area contributed by atoms with E-state index in [1.807, 2.05) is 12.1 Å². The number of aryl methyl sites for hydroxylation is 1. The standard InChI is InChI=1S/C17H19N3/c1-2-17-19-14-10-6-7-11-15(14)20(17)16(12-18)13-8-4-3-5-9-13/h3-11,16H,2,12,18H2,1H3. The average molecular weight is 265 g/mol. The third-order valence-electron chi connectivity index (χ3n) is 3.70. The van der Waals surface area contributed by atoms with Gasteiger partial charge in [-0.1, -0.05) is 49.4 Å². The van der Waals surface area contributed by atoms with Gasteiger partial charge >= 0.3 is 0 Å². The lowest BCUT2D eigenvalue weighted by molar-refractivity contribution is 0.584. The maximum Gasteiger partial charge on any atom is 0.110 e. The lowest BCUT2D eigenvalue weighted by Gasteiger charge is -2.20. The van der Waals surface area contributed by atoms with Crippen LogP contribution < -0.4 is 5.73 Å². The summed E-state index contributed by atoms with van der Waals surface area (Å²) in [4.78, 5) is 4.73. The molecular weight excluding hydrogens is 246 g/mol. The van der Waals surface area contributed by atoms with Crippen molar-refractivity contribution in [2.45, 2.75) is 19.4 Å². The lowest BCUT2D eigenvalue weighted by Crippen LogP contribution is -2.22. The average Bonchev–Trinajstić information content (AvgIpc) is 2.88. The van der Waals surface area contributed by atoms with Crippen LogP contribution in [0.5, 0.6) is 0 Å². The van der Waals surface area contributed by atoms with Gasteiger partial charge in [-0.25, -0.2) is 4.98 Å². The molecule has 0 saturated heterocycles. The molecule has 0 aliphatic heterocycles. The van der Waals surface area contributed by atoms with Crippen molar-refractivity contribution in [2.75, 3.05) is 6.54 Å². The molecule has 1 aromatic heterocycles. The quantitative estimate of drug-likeness (QED) is 0.787. The van der Waals surface area contributed by atoms with Gasteiger partial charge in [0.05, 0.1) is 17.1 Å². The molecule has 0 fully saturated rings. The summed E-state index contributed by atoms with van der Waals surface area (Å²) < 4.78 is 2.28. The van der Waals surface area contributed by atoms with E-state index in [2.05, 4.69) is 54.0 Å². The van der Waals surface area contributed by atoms with Gasteiger partial charge in [-0.15, -0.1) is 0 Å². The molecular formula is C17H19N3. The number of nitrogens with zero attached hydrogens (tertiary/aromatic N) is 2. The third kappa shape index (κ3) is 2.10. The highest BCUT2D eigenvalue weighted by Gasteiger charge is 2.18. The van der Waals surface area contributed by atoms with Crippen molar-refractivity contribution in [1.82, 2.24) is 9.55 Å². The maximum atomic E-state index is 6.06. The molecule has 2 aromatic carbocycles. The van der Waals surface area contributed by atoms with Gasteiger partial charge < -0.3 is 10.3 Å². The molecule has 0 spiro atoms. The van der Waals surface area contributed by atoms with Gasteiger partial charge in [-0.2, -0.15) is 0 Å². The van der Waals surface area contributed by atoms with Gasteiger partial charge in [0.2, 0.25) is 0 Å². The van der Waals surface area contributed by atoms with Crippen LogP contribution in [-0.4, -0.2) is 16.1 Å². The van der Waals surface area contributed by atoms with Gasteiger partial charge in [-0.05, 0) is 17.7 Å². The first-order valence-corrected chi connectivity index (χ1v) is 7.06. The van der Waals surface area contributed by atoms with Crippen LogP contribution in [0.1, 0.15) is 24.4 Å². The minimum atomic E-state index is 0.138. The van der Waals surface area contributed by atoms with Crippen LogP contribution in [0.2, 0.25) is 0 Å². The molecule has 102 valence electrons. The number of para-hydroxylation sites is 2. The van der Waals surface area contributed by atoms with E-state index >= 15 is 0 Å². The molecule has 0 radical (unpaired) electrons. The summed E-state index contributed by atoms with van der Waals surface area (Å²) in [5, 5.41) is 0. The molecule has 3 aromatic rings. The minimum Gasteiger partial charge on any atom is -0.328 e. The largest absolute Gasteiger partial charge is 0.328 e. The second-order valence-electron chi connectivity index (χ2n) is 4.90. The Kier molecular flexibility index (Phi) is 3.52. The molecule has 3 heteroatoms. The highest BCUT2D eigenvalue weighted by atomic mass is 15.1. The Morgan fingerprint density at radius 1 is 1.05 bits per heavy atom. The van der Waals surface area contributed by atoms with E-state index in [0.29, 0.717) is 6.54 Å². The summed E-state index contributed by atoms with van der Waals surface area (Å²) in [5.74, 6) is 1.09. The third-order valence-corrected chi connectivity index (χ3v) is 3.70. The fourth-order valence-corrected chi connectivity index (χ4v) is 2.76. The van der Waals surface area contributed by atoms with Crippen molar-refractivity contribution in [2.24, 2.45) is 5.73 Å². The smallest absolute Gasteiger partial charge is 0.110 e. The number of benzene rings is 2. The predicted molar refractivity (Wildman–Crippen MR) is 82.7 cm³/mol. The predicted octanol–water partition coefficient (Wildman–Crippen LogP) is 3.15. The Hall–Kier alpha value is -2.13. The van der Waals surface area contributed by atoms with Crippen LogP contribution in [0.4, 0.5) is 0 Å². The molecule has 3 rings (SSSR count). The molecule has 0 aliphatic carbocycles. The molecule has 0 saturated carbocycles. The number of hydrogen-bond acceptors (Lipinski definition) is 2. The molecule has 1 atom stereocenters. The van der Waals surface area contributed by atoms with Gasteiger partial charge in [0, 0.05) is 13.0 Å². The Balaban J connectivity index is 2.21. The molecule has 2 N–H and O–H groups in total. The van der Waals surface area contributed by atoms with E-state index in [0.717, 1.165) is 23.3 Å². The van der Waals surface area contributed by atoms with E-state index in [4.69, 9.17) is 10.7 Å². The molecule has 3 nitrogen and oxygen atoms in total. The summed E-state index contributed by atoms with van der Waals surface area (Å²) in [5.41, 5.74) is 9.49. The first kappa shape index (κ1) is 12.9. The Labute approximate surface area is 119 Å². The van der Waals surface area contributed by atoms with Crippen molar-refractivity contribution in [3.63, 3.8) is 0 Å². The zero-order valence-corrected chi connectivity index (χ0v) is 11.7. The molecule has 0 amide bonds. The molecule has 20 heavy (non-hydrogen) atoms. The molecule has 1 heterocycles. The van der Waals surface area contributed by atoms with Crippen molar-refractivity contribution in [3.05, 3.63) is 66.0 Å². The van der Waals surface area contributed by atoms with Gasteiger partial charge in [0.25, 0.3) is 0 Å². The highest BCUT2D eigenvalue weighted by Crippen LogP contribution is 2.25. The van der Waals surface area contributed by atoms with Crippen LogP contribution >= 0.6 is 0 Å². The van der Waals surface area contributed by atoms with Crippen molar-refractivity contribution in [1.29, 1.82) is 0 Å². The number of imidazole rings is 1. The molecule has 0 aliphatic rings. The summed E-state index contributed by atoms with van der Waals surface area (Å²) in [7, 11) is 0. The monoisotopic (exact) mass is 265 g/mol. The van der Waals surface area contributed by atoms with Crippen molar-refractivity contribution < 1.29 is 0 Å².